The first kappa shape index (κ1) is 16.9. The minimum absolute atomic E-state index is 0.269. The Hall–Kier alpha value is -1.93. The Kier molecular flexibility index (Phi) is 4.86. The molecule has 0 aromatic carbocycles. The molecule has 130 valence electrons. The summed E-state index contributed by atoms with van der Waals surface area (Å²) in [5.74, 6) is 1.15. The minimum atomic E-state index is -0.362. The molecule has 3 heterocycles. The molecule has 1 N–H and O–H groups in total. The highest BCUT2D eigenvalue weighted by Gasteiger charge is 2.25. The lowest BCUT2D eigenvalue weighted by Crippen LogP contribution is -2.35. The molecule has 0 amide bonds. The second-order valence-electron chi connectivity index (χ2n) is 6.52. The van der Waals surface area contributed by atoms with Crippen LogP contribution in [0.1, 0.15) is 17.0 Å². The van der Waals surface area contributed by atoms with Crippen LogP contribution in [0.25, 0.3) is 0 Å². The van der Waals surface area contributed by atoms with Crippen LogP contribution in [0, 0.1) is 12.8 Å². The SMILES string of the molecule is Cc1ncsc1CN(C)CC1CCN(c2cc(=O)n(C)c(=O)[nH]2)C1. The standard InChI is InChI=1S/C16H23N5O2S/c1-11-13(24-10-17-11)9-19(2)7-12-4-5-21(8-12)14-6-15(22)20(3)16(23)18-14/h6,10,12H,4-5,7-9H2,1-3H3,(H,18,23). The largest absolute Gasteiger partial charge is 0.358 e. The Morgan fingerprint density at radius 1 is 1.46 bits per heavy atom. The molecule has 1 atom stereocenters. The molecule has 24 heavy (non-hydrogen) atoms. The number of nitrogens with one attached hydrogen (secondary N) is 1. The van der Waals surface area contributed by atoms with Gasteiger partial charge in [-0.15, -0.1) is 11.3 Å². The lowest BCUT2D eigenvalue weighted by Gasteiger charge is -2.22. The predicted octanol–water partition coefficient (Wildman–Crippen LogP) is 0.797. The summed E-state index contributed by atoms with van der Waals surface area (Å²) in [5.41, 5.74) is 2.37. The van der Waals surface area contributed by atoms with E-state index >= 15 is 0 Å². The van der Waals surface area contributed by atoms with E-state index in [9.17, 15) is 9.59 Å². The van der Waals surface area contributed by atoms with E-state index in [0.29, 0.717) is 11.7 Å². The van der Waals surface area contributed by atoms with Gasteiger partial charge in [0, 0.05) is 44.2 Å². The monoisotopic (exact) mass is 349 g/mol. The highest BCUT2D eigenvalue weighted by atomic mass is 32.1. The Morgan fingerprint density at radius 2 is 2.25 bits per heavy atom. The highest BCUT2D eigenvalue weighted by molar-refractivity contribution is 7.09. The topological polar surface area (TPSA) is 74.2 Å². The molecule has 7 nitrogen and oxygen atoms in total. The van der Waals surface area contributed by atoms with Crippen molar-refractivity contribution in [3.8, 4) is 0 Å². The second kappa shape index (κ2) is 6.90. The molecule has 0 aliphatic carbocycles. The van der Waals surface area contributed by atoms with Gasteiger partial charge in [0.15, 0.2) is 0 Å². The fraction of sp³-hybridized carbons (Fsp3) is 0.562. The first-order valence-corrected chi connectivity index (χ1v) is 8.95. The van der Waals surface area contributed by atoms with Gasteiger partial charge in [-0.1, -0.05) is 0 Å². The summed E-state index contributed by atoms with van der Waals surface area (Å²) >= 11 is 1.70. The smallest absolute Gasteiger partial charge is 0.329 e. The van der Waals surface area contributed by atoms with Crippen molar-refractivity contribution < 1.29 is 0 Å². The first-order chi connectivity index (χ1) is 11.4. The minimum Gasteiger partial charge on any atom is -0.358 e. The normalized spacial score (nSPS) is 17.8. The van der Waals surface area contributed by atoms with Gasteiger partial charge in [-0.2, -0.15) is 0 Å². The van der Waals surface area contributed by atoms with Crippen LogP contribution in [0.15, 0.2) is 21.2 Å². The van der Waals surface area contributed by atoms with Crippen LogP contribution >= 0.6 is 11.3 Å². The Balaban J connectivity index is 1.60. The number of H-pyrrole nitrogens is 1. The van der Waals surface area contributed by atoms with Crippen LogP contribution in [-0.4, -0.2) is 46.1 Å². The zero-order valence-electron chi connectivity index (χ0n) is 14.3. The number of aryl methyl sites for hydroxylation is 1. The lowest BCUT2D eigenvalue weighted by molar-refractivity contribution is 0.281. The number of rotatable bonds is 5. The van der Waals surface area contributed by atoms with E-state index in [-0.39, 0.29) is 11.2 Å². The third-order valence-electron chi connectivity index (χ3n) is 4.59. The fourth-order valence-electron chi connectivity index (χ4n) is 3.14. The van der Waals surface area contributed by atoms with Gasteiger partial charge in [0.05, 0.1) is 11.2 Å². The van der Waals surface area contributed by atoms with Gasteiger partial charge < -0.3 is 9.80 Å². The third-order valence-corrected chi connectivity index (χ3v) is 5.51. The second-order valence-corrected chi connectivity index (χ2v) is 7.45. The van der Waals surface area contributed by atoms with E-state index in [1.54, 1.807) is 11.3 Å². The maximum atomic E-state index is 11.8. The Bertz CT molecular complexity index is 793. The van der Waals surface area contributed by atoms with Crippen molar-refractivity contribution in [2.45, 2.75) is 19.9 Å². The average molecular weight is 349 g/mol. The van der Waals surface area contributed by atoms with Crippen LogP contribution in [-0.2, 0) is 13.6 Å². The van der Waals surface area contributed by atoms with Crippen molar-refractivity contribution in [2.75, 3.05) is 31.6 Å². The molecule has 1 aliphatic heterocycles. The van der Waals surface area contributed by atoms with Crippen LogP contribution < -0.4 is 16.1 Å². The number of nitrogens with zero attached hydrogens (tertiary/aromatic N) is 4. The lowest BCUT2D eigenvalue weighted by atomic mass is 10.1. The molecule has 2 aromatic rings. The summed E-state index contributed by atoms with van der Waals surface area (Å²) in [6, 6.07) is 1.51. The molecule has 0 spiro atoms. The summed E-state index contributed by atoms with van der Waals surface area (Å²) in [6.45, 7) is 5.66. The van der Waals surface area contributed by atoms with E-state index < -0.39 is 0 Å². The number of hydrogen-bond donors (Lipinski definition) is 1. The van der Waals surface area contributed by atoms with E-state index in [4.69, 9.17) is 0 Å². The summed E-state index contributed by atoms with van der Waals surface area (Å²) in [4.78, 5) is 36.4. The van der Waals surface area contributed by atoms with Crippen molar-refractivity contribution >= 4 is 17.2 Å². The van der Waals surface area contributed by atoms with Crippen molar-refractivity contribution in [1.29, 1.82) is 0 Å². The van der Waals surface area contributed by atoms with Crippen molar-refractivity contribution in [3.05, 3.63) is 43.0 Å². The number of aromatic nitrogens is 3. The van der Waals surface area contributed by atoms with Gasteiger partial charge >= 0.3 is 5.69 Å². The molecule has 1 fully saturated rings. The molecule has 1 unspecified atom stereocenters. The number of anilines is 1. The molecular weight excluding hydrogens is 326 g/mol. The zero-order valence-corrected chi connectivity index (χ0v) is 15.1. The summed E-state index contributed by atoms with van der Waals surface area (Å²) < 4.78 is 1.09. The van der Waals surface area contributed by atoms with Crippen molar-refractivity contribution in [2.24, 2.45) is 13.0 Å². The van der Waals surface area contributed by atoms with Gasteiger partial charge in [-0.25, -0.2) is 9.78 Å². The van der Waals surface area contributed by atoms with Gasteiger partial charge in [0.1, 0.15) is 5.82 Å². The first-order valence-electron chi connectivity index (χ1n) is 8.07. The molecule has 0 bridgehead atoms. The van der Waals surface area contributed by atoms with Gasteiger partial charge in [0.2, 0.25) is 0 Å². The molecule has 1 aliphatic rings. The number of hydrogen-bond acceptors (Lipinski definition) is 6. The molecule has 3 rings (SSSR count). The molecule has 2 aromatic heterocycles. The van der Waals surface area contributed by atoms with Crippen LogP contribution in [0.4, 0.5) is 5.82 Å². The highest BCUT2D eigenvalue weighted by Crippen LogP contribution is 2.22. The van der Waals surface area contributed by atoms with E-state index in [1.807, 2.05) is 12.4 Å². The summed E-state index contributed by atoms with van der Waals surface area (Å²) in [7, 11) is 3.61. The van der Waals surface area contributed by atoms with Gasteiger partial charge in [0.25, 0.3) is 5.56 Å². The summed E-state index contributed by atoms with van der Waals surface area (Å²) in [5, 5.41) is 0. The Labute approximate surface area is 144 Å². The quantitative estimate of drug-likeness (QED) is 0.864. The van der Waals surface area contributed by atoms with Gasteiger partial charge in [-0.05, 0) is 26.3 Å². The molecule has 8 heteroatoms. The predicted molar refractivity (Wildman–Crippen MR) is 95.8 cm³/mol. The molecule has 0 radical (unpaired) electrons. The fourth-order valence-corrected chi connectivity index (χ4v) is 4.00. The molecule has 0 saturated carbocycles. The van der Waals surface area contributed by atoms with Crippen LogP contribution in [0.3, 0.4) is 0 Å². The van der Waals surface area contributed by atoms with Crippen molar-refractivity contribution in [1.82, 2.24) is 19.4 Å². The zero-order chi connectivity index (χ0) is 17.3. The maximum Gasteiger partial charge on any atom is 0.329 e. The van der Waals surface area contributed by atoms with E-state index in [1.165, 1.54) is 18.0 Å². The molecule has 1 saturated heterocycles. The third kappa shape index (κ3) is 3.59. The number of aromatic amines is 1. The van der Waals surface area contributed by atoms with Crippen LogP contribution in [0.5, 0.6) is 0 Å². The van der Waals surface area contributed by atoms with E-state index in [0.717, 1.165) is 42.9 Å². The average Bonchev–Trinajstić information content (AvgIpc) is 3.14. The maximum absolute atomic E-state index is 11.8. The number of thiazole rings is 1. The Morgan fingerprint density at radius 3 is 2.92 bits per heavy atom. The van der Waals surface area contributed by atoms with E-state index in [2.05, 4.69) is 26.8 Å². The molecular formula is C16H23N5O2S. The van der Waals surface area contributed by atoms with Crippen molar-refractivity contribution in [3.63, 3.8) is 0 Å². The van der Waals surface area contributed by atoms with Crippen LogP contribution in [0.2, 0.25) is 0 Å². The van der Waals surface area contributed by atoms with Gasteiger partial charge in [-0.3, -0.25) is 14.3 Å². The summed E-state index contributed by atoms with van der Waals surface area (Å²) in [6.07, 6.45) is 1.06.